The zero-order valence-electron chi connectivity index (χ0n) is 15.4. The monoisotopic (exact) mass is 368 g/mol. The summed E-state index contributed by atoms with van der Waals surface area (Å²) in [6.45, 7) is 5.20. The molecule has 1 N–H and O–H groups in total. The number of carbonyl (C=O) groups excluding carboxylic acids is 1. The standard InChI is InChI=1S/C20H24N4O3/c1-16-7-8-18(19(15-16)24(26)27)21-10-9-20(25)23-13-11-22(12-14-23)17-5-3-2-4-6-17/h2-8,15,21H,9-14H2,1H3. The normalized spacial score (nSPS) is 14.1. The fraction of sp³-hybridized carbons (Fsp3) is 0.350. The average Bonchev–Trinajstić information content (AvgIpc) is 2.69. The van der Waals surface area contributed by atoms with Gasteiger partial charge < -0.3 is 15.1 Å². The highest BCUT2D eigenvalue weighted by atomic mass is 16.6. The van der Waals surface area contributed by atoms with Gasteiger partial charge in [-0.05, 0) is 30.7 Å². The first-order valence-electron chi connectivity index (χ1n) is 9.11. The molecule has 0 bridgehead atoms. The van der Waals surface area contributed by atoms with Crippen molar-refractivity contribution in [2.24, 2.45) is 0 Å². The number of aryl methyl sites for hydroxylation is 1. The number of nitro groups is 1. The molecule has 0 aromatic heterocycles. The number of nitro benzene ring substituents is 1. The van der Waals surface area contributed by atoms with Crippen molar-refractivity contribution in [2.45, 2.75) is 13.3 Å². The minimum atomic E-state index is -0.403. The van der Waals surface area contributed by atoms with Crippen LogP contribution in [0.15, 0.2) is 48.5 Å². The van der Waals surface area contributed by atoms with Crippen molar-refractivity contribution in [1.82, 2.24) is 4.90 Å². The molecule has 1 saturated heterocycles. The number of para-hydroxylation sites is 1. The van der Waals surface area contributed by atoms with Gasteiger partial charge in [-0.1, -0.05) is 24.3 Å². The highest BCUT2D eigenvalue weighted by molar-refractivity contribution is 5.77. The number of hydrogen-bond acceptors (Lipinski definition) is 5. The molecule has 0 saturated carbocycles. The maximum absolute atomic E-state index is 12.4. The van der Waals surface area contributed by atoms with Crippen molar-refractivity contribution >= 4 is 23.0 Å². The molecule has 0 unspecified atom stereocenters. The van der Waals surface area contributed by atoms with Crippen LogP contribution in [0.3, 0.4) is 0 Å². The summed E-state index contributed by atoms with van der Waals surface area (Å²) in [5.74, 6) is 0.0741. The van der Waals surface area contributed by atoms with Gasteiger partial charge in [-0.15, -0.1) is 0 Å². The summed E-state index contributed by atoms with van der Waals surface area (Å²) in [6.07, 6.45) is 0.316. The predicted octanol–water partition coefficient (Wildman–Crippen LogP) is 3.05. The molecule has 0 spiro atoms. The molecular formula is C20H24N4O3. The Morgan fingerprint density at radius 2 is 1.81 bits per heavy atom. The molecule has 1 aliphatic heterocycles. The number of benzene rings is 2. The lowest BCUT2D eigenvalue weighted by Crippen LogP contribution is -2.49. The van der Waals surface area contributed by atoms with Gasteiger partial charge >= 0.3 is 0 Å². The summed E-state index contributed by atoms with van der Waals surface area (Å²) < 4.78 is 0. The van der Waals surface area contributed by atoms with Gasteiger partial charge in [0.25, 0.3) is 5.69 Å². The van der Waals surface area contributed by atoms with Crippen molar-refractivity contribution in [3.05, 3.63) is 64.2 Å². The number of hydrogen-bond donors (Lipinski definition) is 1. The van der Waals surface area contributed by atoms with Gasteiger partial charge in [0.1, 0.15) is 5.69 Å². The Balaban J connectivity index is 1.48. The van der Waals surface area contributed by atoms with Gasteiger partial charge in [-0.25, -0.2) is 0 Å². The van der Waals surface area contributed by atoms with E-state index in [-0.39, 0.29) is 11.6 Å². The van der Waals surface area contributed by atoms with Crippen molar-refractivity contribution in [3.8, 4) is 0 Å². The molecular weight excluding hydrogens is 344 g/mol. The predicted molar refractivity (Wildman–Crippen MR) is 106 cm³/mol. The molecule has 1 heterocycles. The first-order chi connectivity index (χ1) is 13.0. The van der Waals surface area contributed by atoms with Gasteiger partial charge in [-0.2, -0.15) is 0 Å². The maximum atomic E-state index is 12.4. The zero-order chi connectivity index (χ0) is 19.2. The SMILES string of the molecule is Cc1ccc(NCCC(=O)N2CCN(c3ccccc3)CC2)c([N+](=O)[O-])c1. The van der Waals surface area contributed by atoms with Crippen molar-refractivity contribution in [3.63, 3.8) is 0 Å². The van der Waals surface area contributed by atoms with Crippen LogP contribution in [0.5, 0.6) is 0 Å². The summed E-state index contributed by atoms with van der Waals surface area (Å²) in [5.41, 5.74) is 2.50. The van der Waals surface area contributed by atoms with Crippen LogP contribution in [0, 0.1) is 17.0 Å². The van der Waals surface area contributed by atoms with E-state index in [4.69, 9.17) is 0 Å². The van der Waals surface area contributed by atoms with Gasteiger partial charge in [-0.3, -0.25) is 14.9 Å². The van der Waals surface area contributed by atoms with Crippen LogP contribution in [-0.4, -0.2) is 48.5 Å². The summed E-state index contributed by atoms with van der Waals surface area (Å²) >= 11 is 0. The Kier molecular flexibility index (Phi) is 5.90. The van der Waals surface area contributed by atoms with E-state index in [9.17, 15) is 14.9 Å². The Bertz CT molecular complexity index is 802. The molecule has 3 rings (SSSR count). The van der Waals surface area contributed by atoms with Crippen LogP contribution >= 0.6 is 0 Å². The second-order valence-corrected chi connectivity index (χ2v) is 6.66. The van der Waals surface area contributed by atoms with Gasteiger partial charge in [0, 0.05) is 50.9 Å². The molecule has 0 atom stereocenters. The number of nitrogens with one attached hydrogen (secondary N) is 1. The topological polar surface area (TPSA) is 78.7 Å². The smallest absolute Gasteiger partial charge is 0.292 e. The molecule has 1 fully saturated rings. The molecule has 142 valence electrons. The van der Waals surface area contributed by atoms with E-state index in [1.807, 2.05) is 36.1 Å². The number of anilines is 2. The van der Waals surface area contributed by atoms with Crippen LogP contribution in [0.4, 0.5) is 17.1 Å². The number of carbonyl (C=O) groups is 1. The number of amides is 1. The van der Waals surface area contributed by atoms with Crippen molar-refractivity contribution in [2.75, 3.05) is 42.9 Å². The summed E-state index contributed by atoms with van der Waals surface area (Å²) in [5, 5.41) is 14.2. The highest BCUT2D eigenvalue weighted by Gasteiger charge is 2.21. The number of nitrogens with zero attached hydrogens (tertiary/aromatic N) is 3. The summed E-state index contributed by atoms with van der Waals surface area (Å²) in [6, 6.07) is 15.2. The van der Waals surface area contributed by atoms with E-state index in [1.165, 1.54) is 11.8 Å². The Morgan fingerprint density at radius 3 is 2.48 bits per heavy atom. The lowest BCUT2D eigenvalue weighted by atomic mass is 10.2. The average molecular weight is 368 g/mol. The number of piperazine rings is 1. The van der Waals surface area contributed by atoms with Crippen LogP contribution in [0.1, 0.15) is 12.0 Å². The van der Waals surface area contributed by atoms with Crippen LogP contribution in [-0.2, 0) is 4.79 Å². The van der Waals surface area contributed by atoms with E-state index in [0.717, 1.165) is 18.7 Å². The fourth-order valence-electron chi connectivity index (χ4n) is 3.26. The van der Waals surface area contributed by atoms with E-state index in [0.29, 0.717) is 31.7 Å². The van der Waals surface area contributed by atoms with Crippen LogP contribution < -0.4 is 10.2 Å². The third-order valence-electron chi connectivity index (χ3n) is 4.76. The lowest BCUT2D eigenvalue weighted by Gasteiger charge is -2.36. The largest absolute Gasteiger partial charge is 0.379 e. The molecule has 2 aromatic rings. The minimum Gasteiger partial charge on any atom is -0.379 e. The van der Waals surface area contributed by atoms with E-state index in [2.05, 4.69) is 22.3 Å². The van der Waals surface area contributed by atoms with Crippen molar-refractivity contribution < 1.29 is 9.72 Å². The van der Waals surface area contributed by atoms with Crippen LogP contribution in [0.2, 0.25) is 0 Å². The quantitative estimate of drug-likeness (QED) is 0.626. The lowest BCUT2D eigenvalue weighted by molar-refractivity contribution is -0.384. The van der Waals surface area contributed by atoms with E-state index < -0.39 is 4.92 Å². The third kappa shape index (κ3) is 4.75. The second-order valence-electron chi connectivity index (χ2n) is 6.66. The summed E-state index contributed by atoms with van der Waals surface area (Å²) in [7, 11) is 0. The second kappa shape index (κ2) is 8.53. The third-order valence-corrected chi connectivity index (χ3v) is 4.76. The first kappa shape index (κ1) is 18.7. The maximum Gasteiger partial charge on any atom is 0.292 e. The van der Waals surface area contributed by atoms with Crippen LogP contribution in [0.25, 0.3) is 0 Å². The minimum absolute atomic E-state index is 0.0407. The van der Waals surface area contributed by atoms with Crippen molar-refractivity contribution in [1.29, 1.82) is 0 Å². The first-order valence-corrected chi connectivity index (χ1v) is 9.11. The molecule has 2 aromatic carbocycles. The molecule has 1 aliphatic rings. The highest BCUT2D eigenvalue weighted by Crippen LogP contribution is 2.25. The Labute approximate surface area is 158 Å². The Hall–Kier alpha value is -3.09. The number of rotatable bonds is 6. The Morgan fingerprint density at radius 1 is 1.11 bits per heavy atom. The molecule has 7 heteroatoms. The molecule has 27 heavy (non-hydrogen) atoms. The zero-order valence-corrected chi connectivity index (χ0v) is 15.4. The van der Waals surface area contributed by atoms with Gasteiger partial charge in [0.15, 0.2) is 0 Å². The molecule has 0 aliphatic carbocycles. The molecule has 1 amide bonds. The van der Waals surface area contributed by atoms with Gasteiger partial charge in [0.05, 0.1) is 4.92 Å². The van der Waals surface area contributed by atoms with E-state index in [1.54, 1.807) is 6.07 Å². The summed E-state index contributed by atoms with van der Waals surface area (Å²) in [4.78, 5) is 27.3. The molecule has 7 nitrogen and oxygen atoms in total. The molecule has 0 radical (unpaired) electrons. The van der Waals surface area contributed by atoms with Gasteiger partial charge in [0.2, 0.25) is 5.91 Å². The van der Waals surface area contributed by atoms with E-state index >= 15 is 0 Å². The fourth-order valence-corrected chi connectivity index (χ4v) is 3.26.